The molecule has 2 heteroatoms. The second kappa shape index (κ2) is 9.04. The van der Waals surface area contributed by atoms with E-state index in [0.29, 0.717) is 5.41 Å². The summed E-state index contributed by atoms with van der Waals surface area (Å²) in [6, 6.07) is 0.830. The van der Waals surface area contributed by atoms with Gasteiger partial charge in [0.05, 0.1) is 0 Å². The summed E-state index contributed by atoms with van der Waals surface area (Å²) in [4.78, 5) is 2.68. The second-order valence-corrected chi connectivity index (χ2v) is 6.99. The molecular formula is C18H38N2. The molecule has 0 unspecified atom stereocenters. The smallest absolute Gasteiger partial charge is 0.00926 e. The molecule has 0 atom stereocenters. The SMILES string of the molecule is CCNCC(CC)(CC)CN(C)C1CCC(CC)CC1. The third kappa shape index (κ3) is 5.04. The minimum atomic E-state index is 0.465. The summed E-state index contributed by atoms with van der Waals surface area (Å²) in [6.07, 6.45) is 9.67. The van der Waals surface area contributed by atoms with Gasteiger partial charge < -0.3 is 10.2 Å². The van der Waals surface area contributed by atoms with Crippen LogP contribution in [0.3, 0.4) is 0 Å². The zero-order chi connectivity index (χ0) is 15.0. The highest BCUT2D eigenvalue weighted by atomic mass is 15.1. The van der Waals surface area contributed by atoms with Crippen LogP contribution in [0.5, 0.6) is 0 Å². The summed E-state index contributed by atoms with van der Waals surface area (Å²) in [5.74, 6) is 1.00. The maximum Gasteiger partial charge on any atom is 0.00926 e. The molecule has 0 saturated heterocycles. The first-order chi connectivity index (χ1) is 9.60. The molecule has 0 aromatic heterocycles. The van der Waals surface area contributed by atoms with Gasteiger partial charge in [-0.25, -0.2) is 0 Å². The molecule has 0 heterocycles. The Balaban J connectivity index is 2.51. The molecule has 0 aromatic rings. The van der Waals surface area contributed by atoms with E-state index >= 15 is 0 Å². The molecule has 0 bridgehead atoms. The summed E-state index contributed by atoms with van der Waals surface area (Å²) in [5.41, 5.74) is 0.465. The van der Waals surface area contributed by atoms with E-state index < -0.39 is 0 Å². The summed E-state index contributed by atoms with van der Waals surface area (Å²) >= 11 is 0. The fourth-order valence-electron chi connectivity index (χ4n) is 3.82. The minimum absolute atomic E-state index is 0.465. The van der Waals surface area contributed by atoms with Crippen molar-refractivity contribution < 1.29 is 0 Å². The molecule has 1 fully saturated rings. The molecule has 1 saturated carbocycles. The maximum absolute atomic E-state index is 3.59. The molecule has 2 nitrogen and oxygen atoms in total. The standard InChI is InChI=1S/C18H38N2/c1-6-16-10-12-17(13-11-16)20(5)15-18(7-2,8-3)14-19-9-4/h16-17,19H,6-15H2,1-5H3. The fourth-order valence-corrected chi connectivity index (χ4v) is 3.82. The van der Waals surface area contributed by atoms with Crippen molar-refractivity contribution in [3.8, 4) is 0 Å². The quantitative estimate of drug-likeness (QED) is 0.678. The Morgan fingerprint density at radius 2 is 1.60 bits per heavy atom. The number of nitrogens with one attached hydrogen (secondary N) is 1. The van der Waals surface area contributed by atoms with E-state index in [2.05, 4.69) is 45.0 Å². The highest BCUT2D eigenvalue weighted by Gasteiger charge is 2.31. The summed E-state index contributed by atoms with van der Waals surface area (Å²) in [7, 11) is 2.36. The van der Waals surface area contributed by atoms with E-state index in [4.69, 9.17) is 0 Å². The van der Waals surface area contributed by atoms with Gasteiger partial charge in [-0.3, -0.25) is 0 Å². The van der Waals surface area contributed by atoms with Crippen molar-refractivity contribution in [1.82, 2.24) is 10.2 Å². The van der Waals surface area contributed by atoms with Crippen LogP contribution in [-0.4, -0.2) is 37.6 Å². The Kier molecular flexibility index (Phi) is 8.13. The predicted octanol–water partition coefficient (Wildman–Crippen LogP) is 4.30. The van der Waals surface area contributed by atoms with Gasteiger partial charge >= 0.3 is 0 Å². The summed E-state index contributed by atoms with van der Waals surface area (Å²) < 4.78 is 0. The highest BCUT2D eigenvalue weighted by Crippen LogP contribution is 2.32. The Morgan fingerprint density at radius 1 is 1.00 bits per heavy atom. The van der Waals surface area contributed by atoms with Gasteiger partial charge in [-0.1, -0.05) is 34.1 Å². The van der Waals surface area contributed by atoms with Crippen molar-refractivity contribution in [2.45, 2.75) is 78.7 Å². The van der Waals surface area contributed by atoms with Crippen molar-refractivity contribution in [2.75, 3.05) is 26.7 Å². The van der Waals surface area contributed by atoms with Crippen LogP contribution in [0.25, 0.3) is 0 Å². The van der Waals surface area contributed by atoms with Gasteiger partial charge in [-0.05, 0) is 63.5 Å². The van der Waals surface area contributed by atoms with Crippen LogP contribution in [0, 0.1) is 11.3 Å². The fraction of sp³-hybridized carbons (Fsp3) is 1.00. The lowest BCUT2D eigenvalue weighted by Gasteiger charge is -2.41. The van der Waals surface area contributed by atoms with Gasteiger partial charge in [-0.15, -0.1) is 0 Å². The molecule has 120 valence electrons. The van der Waals surface area contributed by atoms with Gasteiger partial charge in [0.2, 0.25) is 0 Å². The lowest BCUT2D eigenvalue weighted by molar-refractivity contribution is 0.0932. The summed E-state index contributed by atoms with van der Waals surface area (Å²) in [5, 5.41) is 3.59. The van der Waals surface area contributed by atoms with Crippen LogP contribution in [0.1, 0.15) is 72.6 Å². The molecule has 0 radical (unpaired) electrons. The van der Waals surface area contributed by atoms with Crippen LogP contribution in [0.2, 0.25) is 0 Å². The monoisotopic (exact) mass is 282 g/mol. The van der Waals surface area contributed by atoms with E-state index in [1.165, 1.54) is 58.0 Å². The molecule has 0 aliphatic heterocycles. The first kappa shape index (κ1) is 18.0. The van der Waals surface area contributed by atoms with E-state index in [-0.39, 0.29) is 0 Å². The maximum atomic E-state index is 3.59. The molecule has 1 aliphatic rings. The average Bonchev–Trinajstić information content (AvgIpc) is 2.51. The third-order valence-electron chi connectivity index (χ3n) is 5.85. The topological polar surface area (TPSA) is 15.3 Å². The first-order valence-corrected chi connectivity index (χ1v) is 9.01. The molecule has 0 spiro atoms. The zero-order valence-corrected chi connectivity index (χ0v) is 14.7. The zero-order valence-electron chi connectivity index (χ0n) is 14.7. The predicted molar refractivity (Wildman–Crippen MR) is 90.2 cm³/mol. The van der Waals surface area contributed by atoms with Crippen LogP contribution < -0.4 is 5.32 Å². The van der Waals surface area contributed by atoms with Crippen molar-refractivity contribution in [3.05, 3.63) is 0 Å². The Morgan fingerprint density at radius 3 is 2.05 bits per heavy atom. The van der Waals surface area contributed by atoms with Gasteiger partial charge in [0.1, 0.15) is 0 Å². The number of rotatable bonds is 9. The molecule has 0 aromatic carbocycles. The average molecular weight is 283 g/mol. The highest BCUT2D eigenvalue weighted by molar-refractivity contribution is 4.86. The molecule has 0 amide bonds. The van der Waals surface area contributed by atoms with Gasteiger partial charge in [0, 0.05) is 19.1 Å². The summed E-state index contributed by atoms with van der Waals surface area (Å²) in [6.45, 7) is 12.8. The van der Waals surface area contributed by atoms with Gasteiger partial charge in [-0.2, -0.15) is 0 Å². The normalized spacial score (nSPS) is 24.3. The van der Waals surface area contributed by atoms with E-state index in [1.807, 2.05) is 0 Å². The van der Waals surface area contributed by atoms with E-state index in [0.717, 1.165) is 18.5 Å². The lowest BCUT2D eigenvalue weighted by atomic mass is 9.79. The Bertz CT molecular complexity index is 240. The molecule has 1 N–H and O–H groups in total. The number of nitrogens with zero attached hydrogens (tertiary/aromatic N) is 1. The van der Waals surface area contributed by atoms with E-state index in [1.54, 1.807) is 0 Å². The van der Waals surface area contributed by atoms with Gasteiger partial charge in [0.15, 0.2) is 0 Å². The minimum Gasteiger partial charge on any atom is -0.316 e. The molecule has 1 aliphatic carbocycles. The molecule has 1 rings (SSSR count). The third-order valence-corrected chi connectivity index (χ3v) is 5.85. The van der Waals surface area contributed by atoms with Crippen molar-refractivity contribution in [2.24, 2.45) is 11.3 Å². The molecular weight excluding hydrogens is 244 g/mol. The van der Waals surface area contributed by atoms with Crippen molar-refractivity contribution >= 4 is 0 Å². The van der Waals surface area contributed by atoms with Crippen molar-refractivity contribution in [3.63, 3.8) is 0 Å². The lowest BCUT2D eigenvalue weighted by Crippen LogP contribution is -2.46. The Hall–Kier alpha value is -0.0800. The molecule has 20 heavy (non-hydrogen) atoms. The van der Waals surface area contributed by atoms with Crippen LogP contribution in [0.4, 0.5) is 0 Å². The first-order valence-electron chi connectivity index (χ1n) is 9.01. The van der Waals surface area contributed by atoms with Crippen molar-refractivity contribution in [1.29, 1.82) is 0 Å². The van der Waals surface area contributed by atoms with E-state index in [9.17, 15) is 0 Å². The van der Waals surface area contributed by atoms with Gasteiger partial charge in [0.25, 0.3) is 0 Å². The van der Waals surface area contributed by atoms with Crippen LogP contribution in [0.15, 0.2) is 0 Å². The number of hydrogen-bond donors (Lipinski definition) is 1. The van der Waals surface area contributed by atoms with Crippen LogP contribution in [-0.2, 0) is 0 Å². The number of hydrogen-bond acceptors (Lipinski definition) is 2. The second-order valence-electron chi connectivity index (χ2n) is 6.99. The van der Waals surface area contributed by atoms with Crippen LogP contribution >= 0.6 is 0 Å². The Labute approximate surface area is 127 Å². The largest absolute Gasteiger partial charge is 0.316 e.